The van der Waals surface area contributed by atoms with Crippen molar-refractivity contribution in [2.75, 3.05) is 40.3 Å². The highest BCUT2D eigenvalue weighted by Crippen LogP contribution is 2.41. The summed E-state index contributed by atoms with van der Waals surface area (Å²) in [6.45, 7) is 7.32. The largest absolute Gasteiger partial charge is 0.507 e. The van der Waals surface area contributed by atoms with Gasteiger partial charge in [0.05, 0.1) is 33.8 Å². The van der Waals surface area contributed by atoms with E-state index in [1.54, 1.807) is 70.7 Å². The summed E-state index contributed by atoms with van der Waals surface area (Å²) in [4.78, 5) is 100. The van der Waals surface area contributed by atoms with Gasteiger partial charge in [-0.2, -0.15) is 0 Å². The molecule has 1 unspecified atom stereocenters. The molecule has 2 aliphatic carbocycles. The Morgan fingerprint density at radius 1 is 0.936 bits per heavy atom. The first kappa shape index (κ1) is 56.5. The minimum Gasteiger partial charge on any atom is -0.507 e. The van der Waals surface area contributed by atoms with E-state index < -0.39 is 52.9 Å². The fourth-order valence-electron chi connectivity index (χ4n) is 9.48. The Labute approximate surface area is 454 Å². The van der Waals surface area contributed by atoms with E-state index in [9.17, 15) is 48.2 Å². The topological polar surface area (TPSA) is 275 Å². The van der Waals surface area contributed by atoms with Gasteiger partial charge in [0.25, 0.3) is 29.5 Å². The standard InChI is InChI=1S/C56H66FN9O11S/c1-31-47(78-30-61-31)34-11-13-36(27-60-51(72)42-25-37(67)28-66(42)53(74)48(55(2,3)4)63-54(75)56(57)18-19-56)44(24-34)76-29-46(69)58-20-8-7-9-21-59-49(70)35-12-10-32-15-17-40(39(32)22-35)62-50(71)41-26-45(77-64-41)33-14-16-38(43(68)23-33)52(73)65(5)6/h10-14,16,22-24,26,30,37,40,42,48,67-68H,7-9,15,17-21,25,27-29H2,1-6H3,(H,58,69)(H,59,70)(H,60,72)(H,62,71)(H,63,75)/t37-,40-,42+,48?/m1/s1. The number of carbonyl (C=O) groups is 7. The minimum absolute atomic E-state index is 0.0318. The zero-order chi connectivity index (χ0) is 56.1. The number of ether oxygens (including phenoxy) is 1. The number of phenols is 1. The summed E-state index contributed by atoms with van der Waals surface area (Å²) < 4.78 is 26.1. The van der Waals surface area contributed by atoms with E-state index in [2.05, 4.69) is 36.7 Å². The number of thiazole rings is 1. The molecule has 20 nitrogen and oxygen atoms in total. The molecule has 0 spiro atoms. The van der Waals surface area contributed by atoms with Crippen LogP contribution in [0.1, 0.15) is 125 Å². The summed E-state index contributed by atoms with van der Waals surface area (Å²) >= 11 is 1.44. The molecular weight excluding hydrogens is 1030 g/mol. The molecule has 0 bridgehead atoms. The molecule has 8 rings (SSSR count). The lowest BCUT2D eigenvalue weighted by Crippen LogP contribution is -2.59. The highest BCUT2D eigenvalue weighted by molar-refractivity contribution is 7.13. The molecule has 78 heavy (non-hydrogen) atoms. The molecule has 414 valence electrons. The number of aliphatic hydroxyl groups excluding tert-OH is 1. The lowest BCUT2D eigenvalue weighted by atomic mass is 9.85. The van der Waals surface area contributed by atoms with E-state index in [-0.39, 0.29) is 85.5 Å². The summed E-state index contributed by atoms with van der Waals surface area (Å²) in [5.41, 5.74) is 3.94. The third kappa shape index (κ3) is 13.3. The van der Waals surface area contributed by atoms with Crippen LogP contribution in [0.3, 0.4) is 0 Å². The number of β-amino-alcohol motifs (C(OH)–C–C–N with tert-alkyl or cyclic N) is 1. The van der Waals surface area contributed by atoms with Crippen molar-refractivity contribution in [3.05, 3.63) is 105 Å². The van der Waals surface area contributed by atoms with Crippen LogP contribution >= 0.6 is 11.3 Å². The van der Waals surface area contributed by atoms with Gasteiger partial charge in [0, 0.05) is 69.5 Å². The first-order valence-electron chi connectivity index (χ1n) is 26.0. The van der Waals surface area contributed by atoms with E-state index in [0.29, 0.717) is 67.6 Å². The van der Waals surface area contributed by atoms with Crippen molar-refractivity contribution in [1.82, 2.24) is 46.5 Å². The number of nitrogens with zero attached hydrogens (tertiary/aromatic N) is 4. The lowest BCUT2D eigenvalue weighted by molar-refractivity contribution is -0.145. The zero-order valence-corrected chi connectivity index (χ0v) is 45.3. The molecule has 2 fully saturated rings. The van der Waals surface area contributed by atoms with E-state index >= 15 is 0 Å². The number of benzene rings is 3. The van der Waals surface area contributed by atoms with Gasteiger partial charge in [-0.3, -0.25) is 33.6 Å². The number of alkyl halides is 1. The first-order chi connectivity index (χ1) is 37.1. The number of aliphatic hydroxyl groups is 1. The molecular formula is C56H66FN9O11S. The first-order valence-corrected chi connectivity index (χ1v) is 26.9. The molecule has 7 N–H and O–H groups in total. The van der Waals surface area contributed by atoms with Crippen LogP contribution in [0.4, 0.5) is 4.39 Å². The van der Waals surface area contributed by atoms with Gasteiger partial charge in [-0.25, -0.2) is 9.37 Å². The van der Waals surface area contributed by atoms with Gasteiger partial charge >= 0.3 is 0 Å². The van der Waals surface area contributed by atoms with E-state index in [0.717, 1.165) is 27.3 Å². The Kier molecular flexibility index (Phi) is 17.3. The number of unbranched alkanes of at least 4 members (excludes halogenated alkanes) is 2. The predicted molar refractivity (Wildman–Crippen MR) is 286 cm³/mol. The Morgan fingerprint density at radius 3 is 2.37 bits per heavy atom. The Balaban J connectivity index is 0.783. The Hall–Kier alpha value is -7.72. The van der Waals surface area contributed by atoms with Gasteiger partial charge in [0.15, 0.2) is 23.7 Å². The average molecular weight is 1090 g/mol. The molecule has 0 radical (unpaired) electrons. The molecule has 3 aromatic carbocycles. The second-order valence-corrected chi connectivity index (χ2v) is 22.2. The van der Waals surface area contributed by atoms with E-state index in [1.165, 1.54) is 39.3 Å². The number of aromatic hydroxyl groups is 1. The second kappa shape index (κ2) is 23.9. The molecule has 1 aliphatic heterocycles. The molecule has 4 atom stereocenters. The number of fused-ring (bicyclic) bond motifs is 1. The molecule has 3 aliphatic rings. The van der Waals surface area contributed by atoms with Gasteiger partial charge in [-0.15, -0.1) is 11.3 Å². The second-order valence-electron chi connectivity index (χ2n) is 21.4. The van der Waals surface area contributed by atoms with Crippen molar-refractivity contribution in [1.29, 1.82) is 0 Å². The maximum atomic E-state index is 14.7. The lowest BCUT2D eigenvalue weighted by Gasteiger charge is -2.35. The van der Waals surface area contributed by atoms with Crippen LogP contribution in [-0.4, -0.2) is 136 Å². The van der Waals surface area contributed by atoms with Crippen molar-refractivity contribution in [3.8, 4) is 33.3 Å². The van der Waals surface area contributed by atoms with Crippen LogP contribution in [0, 0.1) is 12.3 Å². The van der Waals surface area contributed by atoms with Crippen molar-refractivity contribution in [2.24, 2.45) is 5.41 Å². The molecule has 22 heteroatoms. The van der Waals surface area contributed by atoms with Crippen molar-refractivity contribution >= 4 is 52.7 Å². The minimum atomic E-state index is -2.01. The van der Waals surface area contributed by atoms with Gasteiger partial charge in [0.2, 0.25) is 11.8 Å². The number of likely N-dealkylation sites (tertiary alicyclic amines) is 1. The van der Waals surface area contributed by atoms with E-state index in [1.807, 2.05) is 19.1 Å². The predicted octanol–water partition coefficient (Wildman–Crippen LogP) is 5.30. The van der Waals surface area contributed by atoms with Gasteiger partial charge in [-0.1, -0.05) is 50.2 Å². The van der Waals surface area contributed by atoms with Crippen molar-refractivity contribution in [2.45, 2.75) is 116 Å². The third-order valence-electron chi connectivity index (χ3n) is 14.1. The number of hydrogen-bond acceptors (Lipinski definition) is 14. The SMILES string of the molecule is Cc1ncsc1-c1ccc(CNC(=O)[C@@H]2C[C@@H](O)CN2C(=O)C(NC(=O)C2(F)CC2)C(C)(C)C)c(OCC(=O)NCCCCCNC(=O)c2ccc3c(c2)[C@H](NC(=O)c2cc(-c4ccc(C(=O)N(C)C)c(O)c4)on2)CC3)c1. The number of aromatic nitrogens is 2. The van der Waals surface area contributed by atoms with Crippen molar-refractivity contribution < 1.29 is 57.4 Å². The summed E-state index contributed by atoms with van der Waals surface area (Å²) in [5.74, 6) is -3.12. The number of aryl methyl sites for hydroxylation is 2. The van der Waals surface area contributed by atoms with Gasteiger partial charge < -0.3 is 55.9 Å². The van der Waals surface area contributed by atoms with Crippen LogP contribution in [0.2, 0.25) is 0 Å². The average Bonchev–Trinajstić information content (AvgIpc) is 3.88. The smallest absolute Gasteiger partial charge is 0.273 e. The molecule has 2 aromatic heterocycles. The highest BCUT2D eigenvalue weighted by Gasteiger charge is 2.53. The molecule has 5 aromatic rings. The summed E-state index contributed by atoms with van der Waals surface area (Å²) in [6.07, 6.45) is 2.44. The number of amides is 7. The van der Waals surface area contributed by atoms with Crippen LogP contribution in [-0.2, 0) is 32.1 Å². The number of rotatable bonds is 21. The number of hydrogen-bond donors (Lipinski definition) is 7. The zero-order valence-electron chi connectivity index (χ0n) is 44.5. The summed E-state index contributed by atoms with van der Waals surface area (Å²) in [7, 11) is 3.16. The van der Waals surface area contributed by atoms with Crippen molar-refractivity contribution in [3.63, 3.8) is 0 Å². The summed E-state index contributed by atoms with van der Waals surface area (Å²) in [5, 5.41) is 39.3. The van der Waals surface area contributed by atoms with Crippen LogP contribution in [0.25, 0.3) is 21.8 Å². The third-order valence-corrected chi connectivity index (χ3v) is 15.1. The van der Waals surface area contributed by atoms with Gasteiger partial charge in [-0.05, 0) is 104 Å². The molecule has 7 amide bonds. The maximum Gasteiger partial charge on any atom is 0.273 e. The monoisotopic (exact) mass is 1090 g/mol. The molecule has 1 saturated heterocycles. The van der Waals surface area contributed by atoms with Gasteiger partial charge in [0.1, 0.15) is 23.6 Å². The quantitative estimate of drug-likeness (QED) is 0.0460. The Morgan fingerprint density at radius 2 is 1.68 bits per heavy atom. The molecule has 3 heterocycles. The number of phenolic OH excluding ortho intramolecular Hbond substituents is 1. The van der Waals surface area contributed by atoms with Crippen LogP contribution < -0.4 is 31.3 Å². The fraction of sp³-hybridized carbons (Fsp3) is 0.446. The number of nitrogens with one attached hydrogen (secondary N) is 5. The molecule has 1 saturated carbocycles. The maximum absolute atomic E-state index is 14.7. The fourth-order valence-corrected chi connectivity index (χ4v) is 10.3. The highest BCUT2D eigenvalue weighted by atomic mass is 32.1. The number of halogens is 1. The van der Waals surface area contributed by atoms with Crippen LogP contribution in [0.5, 0.6) is 11.5 Å². The normalized spacial score (nSPS) is 17.6. The Bertz CT molecular complexity index is 3090. The van der Waals surface area contributed by atoms with E-state index in [4.69, 9.17) is 9.26 Å². The number of carbonyl (C=O) groups excluding carboxylic acids is 7. The van der Waals surface area contributed by atoms with Crippen LogP contribution in [0.15, 0.2) is 70.7 Å². The summed E-state index contributed by atoms with van der Waals surface area (Å²) in [6, 6.07) is 14.2.